The number of hydrogen-bond donors (Lipinski definition) is 9. The molecule has 1 fully saturated rings. The minimum Gasteiger partial charge on any atom is -0.480 e. The zero-order valence-corrected chi connectivity index (χ0v) is 16.7. The Labute approximate surface area is 183 Å². The smallest absolute Gasteiger partial charge is 0.404 e. The van der Waals surface area contributed by atoms with E-state index in [0.717, 1.165) is 6.20 Å². The van der Waals surface area contributed by atoms with E-state index in [0.29, 0.717) is 10.9 Å². The molecule has 1 saturated heterocycles. The van der Waals surface area contributed by atoms with Gasteiger partial charge in [0.15, 0.2) is 18.6 Å². The maximum Gasteiger partial charge on any atom is 0.404 e. The first-order valence-electron chi connectivity index (χ1n) is 9.24. The summed E-state index contributed by atoms with van der Waals surface area (Å²) in [7, 11) is 0. The van der Waals surface area contributed by atoms with Gasteiger partial charge in [0.25, 0.3) is 0 Å². The zero-order valence-electron chi connectivity index (χ0n) is 16.7. The molecular weight excluding hydrogens is 454 g/mol. The molecule has 33 heavy (non-hydrogen) atoms. The largest absolute Gasteiger partial charge is 0.480 e. The van der Waals surface area contributed by atoms with Crippen molar-refractivity contribution in [3.8, 4) is 0 Å². The van der Waals surface area contributed by atoms with Crippen molar-refractivity contribution in [2.45, 2.75) is 48.8 Å². The molecule has 2 heterocycles. The molecule has 184 valence electrons. The van der Waals surface area contributed by atoms with Crippen molar-refractivity contribution in [3.05, 3.63) is 22.4 Å². The summed E-state index contributed by atoms with van der Waals surface area (Å²) in [6.07, 6.45) is -11.1. The highest BCUT2D eigenvalue weighted by atomic mass is 16.6. The number of imidazole rings is 1. The Balaban J connectivity index is 2.15. The maximum atomic E-state index is 12.3. The first kappa shape index (κ1) is 25.9. The van der Waals surface area contributed by atoms with E-state index in [2.05, 4.69) is 9.72 Å². The molecule has 1 aromatic rings. The summed E-state index contributed by atoms with van der Waals surface area (Å²) in [6.45, 7) is -0.813. The van der Waals surface area contributed by atoms with Gasteiger partial charge < -0.3 is 56.8 Å². The first-order valence-corrected chi connectivity index (χ1v) is 9.24. The van der Waals surface area contributed by atoms with Crippen LogP contribution in [0.15, 0.2) is 11.0 Å². The number of rotatable bonds is 10. The fraction of sp³-hybridized carbons (Fsp3) is 0.562. The van der Waals surface area contributed by atoms with Crippen molar-refractivity contribution in [1.29, 1.82) is 0 Å². The Kier molecular flexibility index (Phi) is 8.25. The van der Waals surface area contributed by atoms with E-state index in [-0.39, 0.29) is 5.69 Å². The molecule has 2 amide bonds. The van der Waals surface area contributed by atoms with Gasteiger partial charge in [-0.15, -0.1) is 0 Å². The van der Waals surface area contributed by atoms with Crippen molar-refractivity contribution >= 4 is 24.3 Å². The van der Waals surface area contributed by atoms with Crippen molar-refractivity contribution in [2.24, 2.45) is 11.5 Å². The van der Waals surface area contributed by atoms with Crippen LogP contribution in [0.2, 0.25) is 0 Å². The van der Waals surface area contributed by atoms with E-state index in [1.54, 1.807) is 0 Å². The Hall–Kier alpha value is -3.35. The normalized spacial score (nSPS) is 26.1. The van der Waals surface area contributed by atoms with Crippen molar-refractivity contribution in [3.63, 3.8) is 0 Å². The number of aromatic amines is 1. The Morgan fingerprint density at radius 3 is 2.45 bits per heavy atom. The van der Waals surface area contributed by atoms with Crippen LogP contribution in [0.25, 0.3) is 0 Å². The zero-order chi connectivity index (χ0) is 25.0. The van der Waals surface area contributed by atoms with E-state index in [1.165, 1.54) is 0 Å². The minimum atomic E-state index is -2.04. The molecule has 0 spiro atoms. The number of nitrogens with one attached hydrogen (secondary N) is 2. The van der Waals surface area contributed by atoms with E-state index in [9.17, 15) is 49.5 Å². The average Bonchev–Trinajstić information content (AvgIpc) is 3.27. The third-order valence-electron chi connectivity index (χ3n) is 4.79. The molecule has 1 aliphatic rings. The van der Waals surface area contributed by atoms with Crippen LogP contribution in [-0.4, -0.2) is 109 Å². The molecule has 8 atom stereocenters. The molecule has 0 saturated carbocycles. The van der Waals surface area contributed by atoms with Gasteiger partial charge in [0, 0.05) is 6.20 Å². The highest BCUT2D eigenvalue weighted by Gasteiger charge is 2.50. The van der Waals surface area contributed by atoms with Gasteiger partial charge in [-0.3, -0.25) is 14.2 Å². The van der Waals surface area contributed by atoms with Crippen molar-refractivity contribution < 1.29 is 54.2 Å². The number of primary amides is 1. The van der Waals surface area contributed by atoms with E-state index >= 15 is 0 Å². The number of hydrogen-bond acceptors (Lipinski definition) is 12. The van der Waals surface area contributed by atoms with Gasteiger partial charge in [0.1, 0.15) is 43.2 Å². The number of ether oxygens (including phenoxy) is 2. The van der Waals surface area contributed by atoms with Crippen LogP contribution in [0.1, 0.15) is 16.7 Å². The minimum absolute atomic E-state index is 0.185. The molecule has 11 N–H and O–H groups in total. The van der Waals surface area contributed by atoms with Crippen LogP contribution in [-0.2, 0) is 19.1 Å². The molecule has 0 aromatic carbocycles. The summed E-state index contributed by atoms with van der Waals surface area (Å²) >= 11 is 0. The number of H-pyrrole nitrogens is 1. The Morgan fingerprint density at radius 2 is 1.94 bits per heavy atom. The standard InChI is InChI=1S/C16H23N5O12/c17-6(8(24)5(23)3-32-15(18)30)12(27)20-7(14(28)29)11-9(25)10(26)13(33-11)21-1-4(2-22)19-16(21)31/h1-2,5-11,13,23-26H,3,17H2,(H2,18,30)(H,19,31)(H,20,27)(H,28,29)/t5-,6-,7-,8+,9-,10+,11+,13+/m0/s1. The number of aliphatic hydroxyl groups excluding tert-OH is 4. The maximum absolute atomic E-state index is 12.3. The molecule has 2 rings (SSSR count). The fourth-order valence-electron chi connectivity index (χ4n) is 3.06. The highest BCUT2D eigenvalue weighted by Crippen LogP contribution is 2.30. The van der Waals surface area contributed by atoms with Gasteiger partial charge in [0.05, 0.1) is 5.69 Å². The number of nitrogens with two attached hydrogens (primary N) is 2. The topological polar surface area (TPSA) is 290 Å². The third kappa shape index (κ3) is 5.72. The molecule has 0 unspecified atom stereocenters. The number of carboxylic acids is 1. The van der Waals surface area contributed by atoms with Crippen molar-refractivity contribution in [2.75, 3.05) is 6.61 Å². The van der Waals surface area contributed by atoms with Crippen LogP contribution in [0.5, 0.6) is 0 Å². The summed E-state index contributed by atoms with van der Waals surface area (Å²) in [5, 5.41) is 51.5. The molecule has 0 bridgehead atoms. The predicted octanol–water partition coefficient (Wildman–Crippen LogP) is -5.68. The van der Waals surface area contributed by atoms with Crippen LogP contribution in [0.4, 0.5) is 4.79 Å². The summed E-state index contributed by atoms with van der Waals surface area (Å²) in [4.78, 5) is 59.5. The molecule has 1 aliphatic heterocycles. The van der Waals surface area contributed by atoms with E-state index in [4.69, 9.17) is 16.2 Å². The summed E-state index contributed by atoms with van der Waals surface area (Å²) in [6, 6.07) is -3.97. The van der Waals surface area contributed by atoms with Gasteiger partial charge in [-0.25, -0.2) is 14.4 Å². The number of aldehydes is 1. The quantitative estimate of drug-likeness (QED) is 0.142. The summed E-state index contributed by atoms with van der Waals surface area (Å²) in [5.41, 5.74) is 9.14. The van der Waals surface area contributed by atoms with E-state index < -0.39 is 79.1 Å². The molecular formula is C16H23N5O12. The second-order valence-corrected chi connectivity index (χ2v) is 7.05. The molecule has 1 aromatic heterocycles. The number of aliphatic carboxylic acids is 1. The van der Waals surface area contributed by atoms with Gasteiger partial charge in [0.2, 0.25) is 5.91 Å². The first-order chi connectivity index (χ1) is 15.4. The SMILES string of the molecule is NC(=O)OC[C@H](O)[C@@H](O)[C@H](N)C(=O)N[C@H](C(=O)O)[C@H]1O[C@@H](n2cc(C=O)[nH]c2=O)[C@H](O)[C@@H]1O. The van der Waals surface area contributed by atoms with Crippen LogP contribution < -0.4 is 22.5 Å². The number of nitrogens with zero attached hydrogens (tertiary/aromatic N) is 1. The van der Waals surface area contributed by atoms with Crippen LogP contribution >= 0.6 is 0 Å². The number of carbonyl (C=O) groups is 4. The average molecular weight is 477 g/mol. The highest BCUT2D eigenvalue weighted by molar-refractivity contribution is 5.87. The summed E-state index contributed by atoms with van der Waals surface area (Å²) in [5.74, 6) is -3.06. The molecule has 17 heteroatoms. The van der Waals surface area contributed by atoms with Crippen LogP contribution in [0.3, 0.4) is 0 Å². The molecule has 0 radical (unpaired) electrons. The second kappa shape index (κ2) is 10.5. The number of carboxylic acid groups (broad SMARTS) is 1. The van der Waals surface area contributed by atoms with Crippen molar-refractivity contribution in [1.82, 2.24) is 14.9 Å². The fourth-order valence-corrected chi connectivity index (χ4v) is 3.06. The molecule has 17 nitrogen and oxygen atoms in total. The van der Waals surface area contributed by atoms with Gasteiger partial charge >= 0.3 is 17.8 Å². The van der Waals surface area contributed by atoms with E-state index in [1.807, 2.05) is 5.32 Å². The van der Waals surface area contributed by atoms with Crippen LogP contribution in [0, 0.1) is 0 Å². The lowest BCUT2D eigenvalue weighted by atomic mass is 10.0. The molecule has 0 aliphatic carbocycles. The number of aromatic nitrogens is 2. The predicted molar refractivity (Wildman–Crippen MR) is 101 cm³/mol. The number of aliphatic hydroxyl groups is 4. The van der Waals surface area contributed by atoms with Gasteiger partial charge in [-0.1, -0.05) is 0 Å². The number of amides is 2. The lowest BCUT2D eigenvalue weighted by Crippen LogP contribution is -2.60. The monoisotopic (exact) mass is 477 g/mol. The Bertz CT molecular complexity index is 947. The lowest BCUT2D eigenvalue weighted by molar-refractivity contribution is -0.150. The summed E-state index contributed by atoms with van der Waals surface area (Å²) < 4.78 is 10.3. The second-order valence-electron chi connectivity index (χ2n) is 7.05. The third-order valence-corrected chi connectivity index (χ3v) is 4.79. The van der Waals surface area contributed by atoms with Gasteiger partial charge in [-0.05, 0) is 0 Å². The van der Waals surface area contributed by atoms with Gasteiger partial charge in [-0.2, -0.15) is 0 Å². The number of carbonyl (C=O) groups excluding carboxylic acids is 3. The lowest BCUT2D eigenvalue weighted by Gasteiger charge is -2.27. The Morgan fingerprint density at radius 1 is 1.30 bits per heavy atom.